The van der Waals surface area contributed by atoms with Crippen molar-refractivity contribution in [1.29, 1.82) is 0 Å². The zero-order chi connectivity index (χ0) is 17.3. The summed E-state index contributed by atoms with van der Waals surface area (Å²) in [6.45, 7) is 1.09. The highest BCUT2D eigenvalue weighted by molar-refractivity contribution is 7.89. The molecule has 3 rings (SSSR count). The van der Waals surface area contributed by atoms with Gasteiger partial charge in [-0.25, -0.2) is 17.8 Å². The monoisotopic (exact) mass is 406 g/mol. The number of pyridine rings is 1. The van der Waals surface area contributed by atoms with E-state index in [9.17, 15) is 12.8 Å². The Morgan fingerprint density at radius 3 is 2.84 bits per heavy atom. The largest absolute Gasteiger partial charge is 0.383 e. The molecule has 1 aromatic carbocycles. The van der Waals surface area contributed by atoms with Crippen molar-refractivity contribution in [1.82, 2.24) is 14.6 Å². The van der Waals surface area contributed by atoms with Crippen molar-refractivity contribution in [3.63, 3.8) is 0 Å². The third-order valence-electron chi connectivity index (χ3n) is 3.86. The lowest BCUT2D eigenvalue weighted by molar-refractivity contribution is 0.271. The number of hydrogen-bond acceptors (Lipinski definition) is 5. The average molecular weight is 407 g/mol. The van der Waals surface area contributed by atoms with E-state index in [2.05, 4.69) is 10.3 Å². The summed E-state index contributed by atoms with van der Waals surface area (Å²) < 4.78 is 41.0. The highest BCUT2D eigenvalue weighted by atomic mass is 35.5. The van der Waals surface area contributed by atoms with E-state index in [1.165, 1.54) is 28.7 Å². The Hall–Kier alpha value is -1.45. The number of anilines is 1. The van der Waals surface area contributed by atoms with Gasteiger partial charge in [0, 0.05) is 25.8 Å². The van der Waals surface area contributed by atoms with Gasteiger partial charge in [-0.15, -0.1) is 12.4 Å². The van der Waals surface area contributed by atoms with E-state index in [4.69, 9.17) is 17.3 Å². The minimum atomic E-state index is -3.93. The molecule has 1 atom stereocenters. The molecule has 3 N–H and O–H groups in total. The highest BCUT2D eigenvalue weighted by Crippen LogP contribution is 2.31. The van der Waals surface area contributed by atoms with Gasteiger partial charge in [-0.05, 0) is 23.8 Å². The van der Waals surface area contributed by atoms with Gasteiger partial charge in [0.15, 0.2) is 0 Å². The second-order valence-electron chi connectivity index (χ2n) is 5.43. The summed E-state index contributed by atoms with van der Waals surface area (Å²) in [5, 5.41) is 3.31. The number of halogens is 3. The SMILES string of the molecule is Cl.Nc1ncc(Cl)cc1S(=O)(=O)N1CCNCC1c1cccc(F)c1. The van der Waals surface area contributed by atoms with E-state index in [-0.39, 0.29) is 34.7 Å². The molecular formula is C15H17Cl2FN4O2S. The van der Waals surface area contributed by atoms with Gasteiger partial charge < -0.3 is 11.1 Å². The number of piperazine rings is 1. The van der Waals surface area contributed by atoms with Gasteiger partial charge in [-0.3, -0.25) is 0 Å². The molecule has 0 radical (unpaired) electrons. The van der Waals surface area contributed by atoms with Crippen LogP contribution in [0.1, 0.15) is 11.6 Å². The number of nitrogens with two attached hydrogens (primary N) is 1. The first-order valence-corrected chi connectivity index (χ1v) is 9.10. The zero-order valence-electron chi connectivity index (χ0n) is 13.0. The maximum atomic E-state index is 13.5. The van der Waals surface area contributed by atoms with Gasteiger partial charge >= 0.3 is 0 Å². The number of benzene rings is 1. The van der Waals surface area contributed by atoms with Crippen LogP contribution in [0.4, 0.5) is 10.2 Å². The molecule has 0 bridgehead atoms. The molecule has 1 aromatic heterocycles. The summed E-state index contributed by atoms with van der Waals surface area (Å²) in [4.78, 5) is 3.68. The van der Waals surface area contributed by atoms with Crippen LogP contribution >= 0.6 is 24.0 Å². The van der Waals surface area contributed by atoms with Gasteiger partial charge in [-0.2, -0.15) is 4.31 Å². The normalized spacial score (nSPS) is 18.6. The van der Waals surface area contributed by atoms with Crippen molar-refractivity contribution < 1.29 is 12.8 Å². The van der Waals surface area contributed by atoms with Gasteiger partial charge in [0.1, 0.15) is 16.5 Å². The van der Waals surface area contributed by atoms with E-state index in [1.807, 2.05) is 0 Å². The summed E-state index contributed by atoms with van der Waals surface area (Å²) >= 11 is 5.87. The first-order chi connectivity index (χ1) is 11.4. The van der Waals surface area contributed by atoms with Crippen LogP contribution in [0.15, 0.2) is 41.4 Å². The zero-order valence-corrected chi connectivity index (χ0v) is 15.4. The minimum absolute atomic E-state index is 0. The lowest BCUT2D eigenvalue weighted by Gasteiger charge is -2.35. The van der Waals surface area contributed by atoms with Crippen LogP contribution in [0.5, 0.6) is 0 Å². The van der Waals surface area contributed by atoms with Crippen molar-refractivity contribution in [2.75, 3.05) is 25.4 Å². The number of nitrogen functional groups attached to an aromatic ring is 1. The van der Waals surface area contributed by atoms with Crippen molar-refractivity contribution in [3.05, 3.63) is 52.9 Å². The topological polar surface area (TPSA) is 88.3 Å². The molecule has 1 aliphatic heterocycles. The molecule has 2 heterocycles. The molecular weight excluding hydrogens is 390 g/mol. The molecule has 25 heavy (non-hydrogen) atoms. The molecule has 1 fully saturated rings. The fourth-order valence-corrected chi connectivity index (χ4v) is 4.67. The molecule has 0 amide bonds. The number of nitrogens with zero attached hydrogens (tertiary/aromatic N) is 2. The van der Waals surface area contributed by atoms with Gasteiger partial charge in [0.05, 0.1) is 11.1 Å². The van der Waals surface area contributed by atoms with E-state index < -0.39 is 21.9 Å². The fraction of sp³-hybridized carbons (Fsp3) is 0.267. The lowest BCUT2D eigenvalue weighted by Crippen LogP contribution is -2.48. The fourth-order valence-electron chi connectivity index (χ4n) is 2.74. The van der Waals surface area contributed by atoms with Gasteiger partial charge in [-0.1, -0.05) is 23.7 Å². The van der Waals surface area contributed by atoms with E-state index in [0.717, 1.165) is 0 Å². The van der Waals surface area contributed by atoms with Crippen LogP contribution < -0.4 is 11.1 Å². The van der Waals surface area contributed by atoms with E-state index in [0.29, 0.717) is 18.7 Å². The molecule has 0 aliphatic carbocycles. The highest BCUT2D eigenvalue weighted by Gasteiger charge is 2.36. The first-order valence-electron chi connectivity index (χ1n) is 7.28. The van der Waals surface area contributed by atoms with Crippen LogP contribution in [-0.4, -0.2) is 37.3 Å². The quantitative estimate of drug-likeness (QED) is 0.815. The van der Waals surface area contributed by atoms with Crippen LogP contribution in [-0.2, 0) is 10.0 Å². The van der Waals surface area contributed by atoms with Gasteiger partial charge in [0.2, 0.25) is 10.0 Å². The summed E-state index contributed by atoms with van der Waals surface area (Å²) in [6.07, 6.45) is 1.29. The van der Waals surface area contributed by atoms with Crippen molar-refractivity contribution in [2.45, 2.75) is 10.9 Å². The number of rotatable bonds is 3. The average Bonchev–Trinajstić information content (AvgIpc) is 2.57. The van der Waals surface area contributed by atoms with Crippen LogP contribution in [0.3, 0.4) is 0 Å². The van der Waals surface area contributed by atoms with Gasteiger partial charge in [0.25, 0.3) is 0 Å². The predicted octanol–water partition coefficient (Wildman–Crippen LogP) is 2.21. The Kier molecular flexibility index (Phi) is 6.23. The van der Waals surface area contributed by atoms with E-state index >= 15 is 0 Å². The van der Waals surface area contributed by atoms with Crippen molar-refractivity contribution in [3.8, 4) is 0 Å². The molecule has 1 unspecified atom stereocenters. The second kappa shape index (κ2) is 7.84. The molecule has 10 heteroatoms. The molecule has 1 aliphatic rings. The van der Waals surface area contributed by atoms with E-state index in [1.54, 1.807) is 12.1 Å². The smallest absolute Gasteiger partial charge is 0.247 e. The Morgan fingerprint density at radius 1 is 1.36 bits per heavy atom. The van der Waals surface area contributed by atoms with Crippen LogP contribution in [0.25, 0.3) is 0 Å². The lowest BCUT2D eigenvalue weighted by atomic mass is 10.1. The third kappa shape index (κ3) is 4.04. The molecule has 2 aromatic rings. The Morgan fingerprint density at radius 2 is 2.12 bits per heavy atom. The maximum absolute atomic E-state index is 13.5. The number of sulfonamides is 1. The second-order valence-corrected chi connectivity index (χ2v) is 7.72. The summed E-state index contributed by atoms with van der Waals surface area (Å²) in [6, 6.07) is 6.64. The summed E-state index contributed by atoms with van der Waals surface area (Å²) in [5.74, 6) is -0.532. The summed E-state index contributed by atoms with van der Waals surface area (Å²) in [5.41, 5.74) is 6.31. The molecule has 0 spiro atoms. The van der Waals surface area contributed by atoms with Crippen molar-refractivity contribution in [2.24, 2.45) is 0 Å². The summed E-state index contributed by atoms with van der Waals surface area (Å²) in [7, 11) is -3.93. The molecule has 136 valence electrons. The standard InChI is InChI=1S/C15H16ClFN4O2S.ClH/c16-11-7-14(15(18)20-8-11)24(22,23)21-5-4-19-9-13(21)10-2-1-3-12(17)6-10;/h1-3,6-8,13,19H,4-5,9H2,(H2,18,20);1H. The predicted molar refractivity (Wildman–Crippen MR) is 96.8 cm³/mol. The van der Waals surface area contributed by atoms with Crippen LogP contribution in [0.2, 0.25) is 5.02 Å². The Balaban J connectivity index is 0.00000225. The molecule has 0 saturated carbocycles. The van der Waals surface area contributed by atoms with Crippen molar-refractivity contribution >= 4 is 39.8 Å². The number of hydrogen-bond donors (Lipinski definition) is 2. The minimum Gasteiger partial charge on any atom is -0.383 e. The third-order valence-corrected chi connectivity index (χ3v) is 6.01. The first kappa shape index (κ1) is 19.9. The van der Waals surface area contributed by atoms with Crippen LogP contribution in [0, 0.1) is 5.82 Å². The molecule has 1 saturated heterocycles. The number of nitrogens with one attached hydrogen (secondary N) is 1. The number of aromatic nitrogens is 1. The Bertz CT molecular complexity index is 866. The Labute approximate surface area is 156 Å². The molecule has 6 nitrogen and oxygen atoms in total. The maximum Gasteiger partial charge on any atom is 0.247 e.